The van der Waals surface area contributed by atoms with Crippen molar-refractivity contribution < 1.29 is 18.0 Å². The summed E-state index contributed by atoms with van der Waals surface area (Å²) < 4.78 is 38.8. The Morgan fingerprint density at radius 1 is 1.37 bits per heavy atom. The number of carbonyl (C=O) groups is 1. The zero-order chi connectivity index (χ0) is 19.6. The molecule has 0 saturated heterocycles. The van der Waals surface area contributed by atoms with E-state index in [-0.39, 0.29) is 27.8 Å². The number of rotatable bonds is 5. The molecule has 0 N–H and O–H groups in total. The topological polar surface area (TPSA) is 47.2 Å². The van der Waals surface area contributed by atoms with Crippen molar-refractivity contribution in [3.63, 3.8) is 0 Å². The van der Waals surface area contributed by atoms with Gasteiger partial charge in [0.1, 0.15) is 11.2 Å². The molecule has 27 heavy (non-hydrogen) atoms. The van der Waals surface area contributed by atoms with Crippen molar-refractivity contribution in [3.05, 3.63) is 47.3 Å². The average molecular weight is 413 g/mol. The number of halogens is 3. The van der Waals surface area contributed by atoms with E-state index in [4.69, 9.17) is 0 Å². The van der Waals surface area contributed by atoms with Gasteiger partial charge in [-0.1, -0.05) is 6.92 Å². The lowest BCUT2D eigenvalue weighted by molar-refractivity contribution is -0.0328. The molecule has 144 valence electrons. The number of amides is 1. The molecule has 2 heterocycles. The van der Waals surface area contributed by atoms with Crippen LogP contribution in [0.15, 0.2) is 45.4 Å². The number of carbonyl (C=O) groups excluding carboxylic acids is 1. The highest BCUT2D eigenvalue weighted by molar-refractivity contribution is 8.00. The van der Waals surface area contributed by atoms with Crippen molar-refractivity contribution >= 4 is 29.4 Å². The van der Waals surface area contributed by atoms with Gasteiger partial charge < -0.3 is 4.57 Å². The molecule has 0 radical (unpaired) electrons. The first kappa shape index (κ1) is 20.0. The lowest BCUT2D eigenvalue weighted by atomic mass is 10.2. The molecule has 0 aromatic carbocycles. The maximum atomic E-state index is 12.6. The molecule has 0 atom stereocenters. The average Bonchev–Trinajstić information content (AvgIpc) is 3.41. The summed E-state index contributed by atoms with van der Waals surface area (Å²) in [5, 5.41) is 0. The third kappa shape index (κ3) is 5.38. The summed E-state index contributed by atoms with van der Waals surface area (Å²) in [4.78, 5) is 21.8. The van der Waals surface area contributed by atoms with E-state index in [0.717, 1.165) is 29.1 Å². The minimum absolute atomic E-state index is 0.0329. The predicted molar refractivity (Wildman–Crippen MR) is 99.8 cm³/mol. The Morgan fingerprint density at radius 3 is 2.70 bits per heavy atom. The Bertz CT molecular complexity index is 921. The Hall–Kier alpha value is -1.74. The van der Waals surface area contributed by atoms with Gasteiger partial charge in [0, 0.05) is 29.2 Å². The van der Waals surface area contributed by atoms with Gasteiger partial charge in [0.15, 0.2) is 0 Å². The molecule has 1 aliphatic rings. The van der Waals surface area contributed by atoms with Crippen LogP contribution in [-0.2, 0) is 7.05 Å². The standard InChI is InChI=1S/C18H18F3N3OS2/c1-3-26-14-8-12(11-4-5-11)9-22-16(14)17(25)23-15-7-6-13(10-24(15)2)27-18(19,20)21/h6-11H,3-5H2,1-2H3. The second-order valence-corrected chi connectivity index (χ2v) is 8.57. The number of aromatic nitrogens is 2. The van der Waals surface area contributed by atoms with E-state index >= 15 is 0 Å². The lowest BCUT2D eigenvalue weighted by Gasteiger charge is -2.08. The first-order chi connectivity index (χ1) is 12.8. The monoisotopic (exact) mass is 413 g/mol. The second kappa shape index (κ2) is 8.10. The Morgan fingerprint density at radius 2 is 2.11 bits per heavy atom. The number of alkyl halides is 3. The van der Waals surface area contributed by atoms with Crippen molar-refractivity contribution in [1.82, 2.24) is 9.55 Å². The van der Waals surface area contributed by atoms with Gasteiger partial charge in [-0.25, -0.2) is 4.98 Å². The van der Waals surface area contributed by atoms with E-state index in [0.29, 0.717) is 5.92 Å². The predicted octanol–water partition coefficient (Wildman–Crippen LogP) is 4.76. The van der Waals surface area contributed by atoms with Gasteiger partial charge >= 0.3 is 5.51 Å². The molecule has 9 heteroatoms. The second-order valence-electron chi connectivity index (χ2n) is 6.12. The van der Waals surface area contributed by atoms with Gasteiger partial charge in [-0.2, -0.15) is 18.2 Å². The number of pyridine rings is 2. The maximum absolute atomic E-state index is 12.6. The zero-order valence-corrected chi connectivity index (χ0v) is 16.4. The highest BCUT2D eigenvalue weighted by Crippen LogP contribution is 2.41. The molecule has 1 saturated carbocycles. The quantitative estimate of drug-likeness (QED) is 0.663. The van der Waals surface area contributed by atoms with E-state index in [1.165, 1.54) is 34.7 Å². The Labute approximate surface area is 163 Å². The molecule has 2 aromatic rings. The van der Waals surface area contributed by atoms with Crippen LogP contribution in [0.2, 0.25) is 0 Å². The van der Waals surface area contributed by atoms with Gasteiger partial charge in [-0.3, -0.25) is 4.79 Å². The summed E-state index contributed by atoms with van der Waals surface area (Å²) in [7, 11) is 1.55. The van der Waals surface area contributed by atoms with Gasteiger partial charge in [-0.05, 0) is 60.0 Å². The highest BCUT2D eigenvalue weighted by Gasteiger charge is 2.29. The summed E-state index contributed by atoms with van der Waals surface area (Å²) in [6.45, 7) is 2.00. The molecule has 1 amide bonds. The summed E-state index contributed by atoms with van der Waals surface area (Å²) in [6, 6.07) is 4.71. The fourth-order valence-corrected chi connectivity index (χ4v) is 3.99. The molecule has 4 nitrogen and oxygen atoms in total. The lowest BCUT2D eigenvalue weighted by Crippen LogP contribution is -2.20. The van der Waals surface area contributed by atoms with Crippen LogP contribution < -0.4 is 5.49 Å². The van der Waals surface area contributed by atoms with Crippen LogP contribution >= 0.6 is 23.5 Å². The maximum Gasteiger partial charge on any atom is 0.446 e. The third-order valence-electron chi connectivity index (χ3n) is 3.95. The minimum atomic E-state index is -4.36. The molecule has 2 aromatic heterocycles. The smallest absolute Gasteiger partial charge is 0.335 e. The van der Waals surface area contributed by atoms with Crippen molar-refractivity contribution in [3.8, 4) is 0 Å². The van der Waals surface area contributed by atoms with E-state index < -0.39 is 11.4 Å². The van der Waals surface area contributed by atoms with Crippen molar-refractivity contribution in [2.75, 3.05) is 5.75 Å². The number of nitrogens with zero attached hydrogens (tertiary/aromatic N) is 3. The SMILES string of the molecule is CCSc1cc(C2CC2)cnc1C(=O)N=c1ccc(SC(F)(F)F)cn1C. The largest absolute Gasteiger partial charge is 0.446 e. The van der Waals surface area contributed by atoms with E-state index in [1.54, 1.807) is 13.2 Å². The molecule has 0 spiro atoms. The summed E-state index contributed by atoms with van der Waals surface area (Å²) in [6.07, 6.45) is 5.32. The van der Waals surface area contributed by atoms with Crippen LogP contribution in [0.3, 0.4) is 0 Å². The van der Waals surface area contributed by atoms with Gasteiger partial charge in [-0.15, -0.1) is 11.8 Å². The molecule has 0 unspecified atom stereocenters. The Balaban J connectivity index is 1.89. The molecule has 0 aliphatic heterocycles. The van der Waals surface area contributed by atoms with E-state index in [1.807, 2.05) is 13.0 Å². The molecular formula is C18H18F3N3OS2. The van der Waals surface area contributed by atoms with Crippen LogP contribution in [0.25, 0.3) is 0 Å². The fourth-order valence-electron chi connectivity index (χ4n) is 2.57. The molecule has 3 rings (SSSR count). The first-order valence-electron chi connectivity index (χ1n) is 8.41. The van der Waals surface area contributed by atoms with Gasteiger partial charge in [0.2, 0.25) is 0 Å². The van der Waals surface area contributed by atoms with E-state index in [9.17, 15) is 18.0 Å². The molecule has 0 bridgehead atoms. The van der Waals surface area contributed by atoms with Crippen LogP contribution in [-0.4, -0.2) is 26.7 Å². The summed E-state index contributed by atoms with van der Waals surface area (Å²) >= 11 is 1.33. The third-order valence-corrected chi connectivity index (χ3v) is 5.57. The van der Waals surface area contributed by atoms with Crippen LogP contribution in [0, 0.1) is 0 Å². The first-order valence-corrected chi connectivity index (χ1v) is 10.2. The van der Waals surface area contributed by atoms with Crippen molar-refractivity contribution in [1.29, 1.82) is 0 Å². The molecule has 1 fully saturated rings. The number of thioether (sulfide) groups is 2. The van der Waals surface area contributed by atoms with Crippen LogP contribution in [0.5, 0.6) is 0 Å². The highest BCUT2D eigenvalue weighted by atomic mass is 32.2. The van der Waals surface area contributed by atoms with Gasteiger partial charge in [0.05, 0.1) is 0 Å². The van der Waals surface area contributed by atoms with Crippen LogP contribution in [0.4, 0.5) is 13.2 Å². The minimum Gasteiger partial charge on any atom is -0.335 e. The summed E-state index contributed by atoms with van der Waals surface area (Å²) in [5.74, 6) is 0.833. The summed E-state index contributed by atoms with van der Waals surface area (Å²) in [5.41, 5.74) is -2.67. The normalized spacial score (nSPS) is 15.2. The van der Waals surface area contributed by atoms with Crippen LogP contribution in [0.1, 0.15) is 41.7 Å². The van der Waals surface area contributed by atoms with Crippen molar-refractivity contribution in [2.24, 2.45) is 12.0 Å². The number of hydrogen-bond donors (Lipinski definition) is 0. The fraction of sp³-hybridized carbons (Fsp3) is 0.389. The number of aryl methyl sites for hydroxylation is 1. The van der Waals surface area contributed by atoms with E-state index in [2.05, 4.69) is 9.98 Å². The number of hydrogen-bond acceptors (Lipinski definition) is 4. The van der Waals surface area contributed by atoms with Crippen molar-refractivity contribution in [2.45, 2.75) is 41.0 Å². The molecule has 1 aliphatic carbocycles. The van der Waals surface area contributed by atoms with Gasteiger partial charge in [0.25, 0.3) is 5.91 Å². The Kier molecular flexibility index (Phi) is 6.00. The molecular weight excluding hydrogens is 395 g/mol. The zero-order valence-electron chi connectivity index (χ0n) is 14.8.